The van der Waals surface area contributed by atoms with Crippen molar-refractivity contribution < 1.29 is 24.4 Å². The van der Waals surface area contributed by atoms with Crippen LogP contribution in [0.4, 0.5) is 5.69 Å². The zero-order chi connectivity index (χ0) is 14.0. The number of hydrogen-bond acceptors (Lipinski definition) is 6. The smallest absolute Gasteiger partial charge is 0.423 e. The van der Waals surface area contributed by atoms with Crippen molar-refractivity contribution >= 4 is 30.2 Å². The fourth-order valence-electron chi connectivity index (χ4n) is 1.67. The quantitative estimate of drug-likeness (QED) is 0.372. The van der Waals surface area contributed by atoms with Crippen LogP contribution in [0.1, 0.15) is 6.92 Å². The molecule has 0 saturated carbocycles. The van der Waals surface area contributed by atoms with Crippen LogP contribution in [0.15, 0.2) is 35.4 Å². The summed E-state index contributed by atoms with van der Waals surface area (Å²) in [5.41, 5.74) is 1.67. The van der Waals surface area contributed by atoms with E-state index in [9.17, 15) is 9.59 Å². The van der Waals surface area contributed by atoms with Gasteiger partial charge in [0.05, 0.1) is 5.57 Å². The second kappa shape index (κ2) is 5.25. The number of nitrogens with one attached hydrogen (secondary N) is 1. The molecule has 19 heavy (non-hydrogen) atoms. The molecule has 0 amide bonds. The van der Waals surface area contributed by atoms with Gasteiger partial charge in [-0.25, -0.2) is 9.59 Å². The van der Waals surface area contributed by atoms with E-state index in [0.717, 1.165) is 0 Å². The standard InChI is InChI=1S/C12H12BNO5/c1-7-10(12(16)19-11(7)15)6-14-9-4-2-8(3-5-9)13(17)18/h2-5,14,17-18H,6H2,1H3. The maximum absolute atomic E-state index is 11.4. The zero-order valence-electron chi connectivity index (χ0n) is 10.2. The average molecular weight is 261 g/mol. The molecule has 0 unspecified atom stereocenters. The number of hydrogen-bond donors (Lipinski definition) is 3. The molecule has 2 rings (SSSR count). The lowest BCUT2D eigenvalue weighted by molar-refractivity contribution is -0.151. The summed E-state index contributed by atoms with van der Waals surface area (Å²) in [5.74, 6) is -1.24. The van der Waals surface area contributed by atoms with Gasteiger partial charge < -0.3 is 20.1 Å². The number of benzene rings is 1. The number of carbonyl (C=O) groups is 2. The molecule has 6 nitrogen and oxygen atoms in total. The van der Waals surface area contributed by atoms with Crippen LogP contribution in [0, 0.1) is 0 Å². The van der Waals surface area contributed by atoms with E-state index in [-0.39, 0.29) is 6.54 Å². The molecule has 3 N–H and O–H groups in total. The minimum Gasteiger partial charge on any atom is -0.423 e. The van der Waals surface area contributed by atoms with Gasteiger partial charge in [0.25, 0.3) is 0 Å². The largest absolute Gasteiger partial charge is 0.488 e. The highest BCUT2D eigenvalue weighted by molar-refractivity contribution is 6.58. The van der Waals surface area contributed by atoms with Crippen molar-refractivity contribution in [3.8, 4) is 0 Å². The summed E-state index contributed by atoms with van der Waals surface area (Å²) in [6.45, 7) is 1.72. The molecule has 0 spiro atoms. The van der Waals surface area contributed by atoms with E-state index in [1.807, 2.05) is 0 Å². The van der Waals surface area contributed by atoms with Gasteiger partial charge in [-0.05, 0) is 24.5 Å². The van der Waals surface area contributed by atoms with Crippen LogP contribution in [-0.2, 0) is 14.3 Å². The predicted octanol–water partition coefficient (Wildman–Crippen LogP) is -0.822. The molecule has 1 heterocycles. The van der Waals surface area contributed by atoms with Gasteiger partial charge in [-0.1, -0.05) is 12.1 Å². The van der Waals surface area contributed by atoms with Gasteiger partial charge in [-0.15, -0.1) is 0 Å². The van der Waals surface area contributed by atoms with Crippen molar-refractivity contribution in [1.82, 2.24) is 0 Å². The Hall–Kier alpha value is -2.12. The molecule has 0 bridgehead atoms. The highest BCUT2D eigenvalue weighted by Gasteiger charge is 2.29. The molecule has 1 aromatic rings. The maximum Gasteiger partial charge on any atom is 0.488 e. The Morgan fingerprint density at radius 1 is 1.16 bits per heavy atom. The van der Waals surface area contributed by atoms with Crippen LogP contribution >= 0.6 is 0 Å². The first-order valence-electron chi connectivity index (χ1n) is 5.65. The second-order valence-corrected chi connectivity index (χ2v) is 4.13. The summed E-state index contributed by atoms with van der Waals surface area (Å²) in [4.78, 5) is 22.5. The lowest BCUT2D eigenvalue weighted by Crippen LogP contribution is -2.29. The molecular weight excluding hydrogens is 249 g/mol. The summed E-state index contributed by atoms with van der Waals surface area (Å²) in [6, 6.07) is 6.39. The lowest BCUT2D eigenvalue weighted by Gasteiger charge is -2.07. The summed E-state index contributed by atoms with van der Waals surface area (Å²) in [5, 5.41) is 20.8. The van der Waals surface area contributed by atoms with Gasteiger partial charge in [0.1, 0.15) is 0 Å². The van der Waals surface area contributed by atoms with E-state index >= 15 is 0 Å². The first-order chi connectivity index (χ1) is 8.99. The predicted molar refractivity (Wildman–Crippen MR) is 68.6 cm³/mol. The van der Waals surface area contributed by atoms with Crippen LogP contribution < -0.4 is 10.8 Å². The molecule has 7 heteroatoms. The normalized spacial score (nSPS) is 14.7. The fourth-order valence-corrected chi connectivity index (χ4v) is 1.67. The molecule has 0 aliphatic carbocycles. The summed E-state index contributed by atoms with van der Waals surface area (Å²) in [6.07, 6.45) is 0. The maximum atomic E-state index is 11.4. The fraction of sp³-hybridized carbons (Fsp3) is 0.167. The van der Waals surface area contributed by atoms with Gasteiger partial charge in [-0.3, -0.25) is 0 Å². The van der Waals surface area contributed by atoms with E-state index in [0.29, 0.717) is 22.3 Å². The van der Waals surface area contributed by atoms with Crippen molar-refractivity contribution in [3.05, 3.63) is 35.4 Å². The highest BCUT2D eigenvalue weighted by atomic mass is 16.6. The van der Waals surface area contributed by atoms with Crippen molar-refractivity contribution in [3.63, 3.8) is 0 Å². The van der Waals surface area contributed by atoms with Crippen molar-refractivity contribution in [1.29, 1.82) is 0 Å². The third kappa shape index (κ3) is 2.83. The van der Waals surface area contributed by atoms with E-state index in [1.165, 1.54) is 6.92 Å². The second-order valence-electron chi connectivity index (χ2n) is 4.13. The molecule has 0 atom stereocenters. The SMILES string of the molecule is CC1=C(CNc2ccc(B(O)O)cc2)C(=O)OC1=O. The lowest BCUT2D eigenvalue weighted by atomic mass is 9.80. The molecule has 0 radical (unpaired) electrons. The average Bonchev–Trinajstić information content (AvgIpc) is 2.62. The van der Waals surface area contributed by atoms with E-state index in [2.05, 4.69) is 10.1 Å². The van der Waals surface area contributed by atoms with Gasteiger partial charge in [0, 0.05) is 17.8 Å². The topological polar surface area (TPSA) is 95.9 Å². The first kappa shape index (κ1) is 13.3. The monoisotopic (exact) mass is 261 g/mol. The molecule has 0 fully saturated rings. The first-order valence-corrected chi connectivity index (χ1v) is 5.65. The summed E-state index contributed by atoms with van der Waals surface area (Å²) >= 11 is 0. The Morgan fingerprint density at radius 3 is 2.26 bits per heavy atom. The Balaban J connectivity index is 2.03. The number of anilines is 1. The summed E-state index contributed by atoms with van der Waals surface area (Å²) < 4.78 is 4.47. The molecule has 1 aliphatic rings. The third-order valence-electron chi connectivity index (χ3n) is 2.87. The zero-order valence-corrected chi connectivity index (χ0v) is 10.2. The van der Waals surface area contributed by atoms with Crippen LogP contribution in [0.5, 0.6) is 0 Å². The van der Waals surface area contributed by atoms with Crippen molar-refractivity contribution in [2.24, 2.45) is 0 Å². The number of ether oxygens (including phenoxy) is 1. The summed E-state index contributed by atoms with van der Waals surface area (Å²) in [7, 11) is -1.51. The van der Waals surface area contributed by atoms with Crippen LogP contribution in [0.3, 0.4) is 0 Å². The number of cyclic esters (lactones) is 2. The van der Waals surface area contributed by atoms with Crippen LogP contribution in [0.25, 0.3) is 0 Å². The minimum atomic E-state index is -1.51. The Kier molecular flexibility index (Phi) is 3.68. The van der Waals surface area contributed by atoms with Gasteiger partial charge >= 0.3 is 19.1 Å². The van der Waals surface area contributed by atoms with Crippen LogP contribution in [0.2, 0.25) is 0 Å². The van der Waals surface area contributed by atoms with Crippen molar-refractivity contribution in [2.75, 3.05) is 11.9 Å². The molecule has 0 aromatic heterocycles. The number of rotatable bonds is 4. The Morgan fingerprint density at radius 2 is 1.79 bits per heavy atom. The third-order valence-corrected chi connectivity index (χ3v) is 2.87. The molecule has 1 aromatic carbocycles. The van der Waals surface area contributed by atoms with E-state index in [1.54, 1.807) is 24.3 Å². The minimum absolute atomic E-state index is 0.178. The highest BCUT2D eigenvalue weighted by Crippen LogP contribution is 2.17. The van der Waals surface area contributed by atoms with Gasteiger partial charge in [0.15, 0.2) is 0 Å². The molecule has 0 saturated heterocycles. The van der Waals surface area contributed by atoms with Gasteiger partial charge in [-0.2, -0.15) is 0 Å². The number of carbonyl (C=O) groups excluding carboxylic acids is 2. The van der Waals surface area contributed by atoms with E-state index in [4.69, 9.17) is 10.0 Å². The Bertz CT molecular complexity index is 550. The van der Waals surface area contributed by atoms with Crippen LogP contribution in [-0.4, -0.2) is 35.6 Å². The van der Waals surface area contributed by atoms with Gasteiger partial charge in [0.2, 0.25) is 0 Å². The molecular formula is C12H12BNO5. The molecule has 1 aliphatic heterocycles. The molecule has 98 valence electrons. The number of esters is 2. The van der Waals surface area contributed by atoms with E-state index < -0.39 is 19.1 Å². The van der Waals surface area contributed by atoms with Crippen molar-refractivity contribution in [2.45, 2.75) is 6.92 Å². The Labute approximate surface area is 109 Å².